The molecule has 0 bridgehead atoms. The summed E-state index contributed by atoms with van der Waals surface area (Å²) in [6.07, 6.45) is 2.37. The van der Waals surface area contributed by atoms with Gasteiger partial charge in [0.15, 0.2) is 5.96 Å². The van der Waals surface area contributed by atoms with Crippen LogP contribution in [0.15, 0.2) is 77.9 Å². The third-order valence-corrected chi connectivity index (χ3v) is 5.53. The molecule has 1 unspecified atom stereocenters. The van der Waals surface area contributed by atoms with Gasteiger partial charge in [0.1, 0.15) is 6.17 Å². The maximum atomic E-state index is 13.5. The molecule has 3 aromatic carbocycles. The number of carbonyl (C=O) groups excluding carboxylic acids is 1. The molecule has 1 atom stereocenters. The van der Waals surface area contributed by atoms with Gasteiger partial charge in [0.05, 0.1) is 6.42 Å². The van der Waals surface area contributed by atoms with Crippen molar-refractivity contribution in [3.8, 4) is 0 Å². The highest BCUT2D eigenvalue weighted by molar-refractivity contribution is 5.89. The fourth-order valence-electron chi connectivity index (χ4n) is 3.99. The van der Waals surface area contributed by atoms with Gasteiger partial charge in [-0.3, -0.25) is 4.79 Å². The van der Waals surface area contributed by atoms with Gasteiger partial charge in [-0.25, -0.2) is 4.99 Å². The Balaban J connectivity index is 1.65. The Hall–Kier alpha value is -3.80. The number of hydrogen-bond donors (Lipinski definition) is 3. The smallest absolute Gasteiger partial charge is 0.229 e. The Morgan fingerprint density at radius 2 is 1.77 bits per heavy atom. The maximum Gasteiger partial charge on any atom is 0.229 e. The quantitative estimate of drug-likeness (QED) is 0.316. The van der Waals surface area contributed by atoms with Crippen molar-refractivity contribution in [3.63, 3.8) is 0 Å². The zero-order chi connectivity index (χ0) is 21.8. The van der Waals surface area contributed by atoms with Crippen molar-refractivity contribution in [2.75, 3.05) is 0 Å². The van der Waals surface area contributed by atoms with Gasteiger partial charge in [-0.1, -0.05) is 61.5 Å². The number of nitrogens with two attached hydrogens (primary N) is 2. The lowest BCUT2D eigenvalue weighted by Crippen LogP contribution is -2.41. The first kappa shape index (κ1) is 20.5. The minimum atomic E-state index is -0.422. The molecular formula is C25H27N5O. The zero-order valence-electron chi connectivity index (χ0n) is 17.6. The lowest BCUT2D eigenvalue weighted by atomic mass is 10.1. The normalized spacial score (nSPS) is 12.0. The third-order valence-electron chi connectivity index (χ3n) is 5.53. The fraction of sp³-hybridized carbons (Fsp3) is 0.200. The number of nitrogens with one attached hydrogen (secondary N) is 1. The van der Waals surface area contributed by atoms with E-state index in [1.165, 1.54) is 5.39 Å². The highest BCUT2D eigenvalue weighted by Crippen LogP contribution is 2.22. The van der Waals surface area contributed by atoms with E-state index in [0.717, 1.165) is 27.4 Å². The number of fused-ring (bicyclic) bond motifs is 2. The van der Waals surface area contributed by atoms with E-state index in [1.54, 1.807) is 4.90 Å². The van der Waals surface area contributed by atoms with Crippen LogP contribution in [0.2, 0.25) is 0 Å². The summed E-state index contributed by atoms with van der Waals surface area (Å²) in [6.45, 7) is 2.41. The minimum absolute atomic E-state index is 0.0183. The monoisotopic (exact) mass is 413 g/mol. The first-order chi connectivity index (χ1) is 15.0. The standard InChI is InChI=1S/C25H27N5O/c1-2-23(29-25(26)27)30(16-17-11-12-18-7-3-4-8-19(18)13-17)24(31)14-20-15-28-22-10-6-5-9-21(20)22/h3-13,15,23,28H,2,14,16H2,1H3,(H4,26,27,29). The fourth-order valence-corrected chi connectivity index (χ4v) is 3.99. The summed E-state index contributed by atoms with van der Waals surface area (Å²) >= 11 is 0. The molecule has 5 N–H and O–H groups in total. The number of carbonyl (C=O) groups is 1. The molecule has 1 heterocycles. The number of benzene rings is 3. The van der Waals surface area contributed by atoms with Crippen molar-refractivity contribution in [1.29, 1.82) is 0 Å². The van der Waals surface area contributed by atoms with Crippen LogP contribution in [0.25, 0.3) is 21.7 Å². The van der Waals surface area contributed by atoms with E-state index in [9.17, 15) is 4.79 Å². The number of para-hydroxylation sites is 1. The summed E-state index contributed by atoms with van der Waals surface area (Å²) in [6, 6.07) is 22.4. The number of aromatic nitrogens is 1. The predicted molar refractivity (Wildman–Crippen MR) is 126 cm³/mol. The number of rotatable bonds is 7. The molecule has 1 aromatic heterocycles. The number of aliphatic imine (C=N–C) groups is 1. The number of guanidine groups is 1. The van der Waals surface area contributed by atoms with Gasteiger partial charge in [-0.05, 0) is 40.5 Å². The second-order valence-electron chi connectivity index (χ2n) is 7.68. The largest absolute Gasteiger partial charge is 0.370 e. The molecule has 1 amide bonds. The molecule has 0 aliphatic rings. The van der Waals surface area contributed by atoms with Crippen molar-refractivity contribution < 1.29 is 4.79 Å². The predicted octanol–water partition coefficient (Wildman–Crippen LogP) is 3.90. The molecule has 6 nitrogen and oxygen atoms in total. The number of hydrogen-bond acceptors (Lipinski definition) is 2. The SMILES string of the molecule is CCC(N=C(N)N)N(Cc1ccc2ccccc2c1)C(=O)Cc1c[nH]c2ccccc12. The van der Waals surface area contributed by atoms with E-state index in [4.69, 9.17) is 11.5 Å². The van der Waals surface area contributed by atoms with Gasteiger partial charge in [0.2, 0.25) is 5.91 Å². The van der Waals surface area contributed by atoms with Gasteiger partial charge in [0.25, 0.3) is 0 Å². The Kier molecular flexibility index (Phi) is 5.89. The molecule has 31 heavy (non-hydrogen) atoms. The van der Waals surface area contributed by atoms with Crippen LogP contribution in [0, 0.1) is 0 Å². The van der Waals surface area contributed by atoms with E-state index in [-0.39, 0.29) is 18.3 Å². The van der Waals surface area contributed by atoms with Crippen molar-refractivity contribution >= 4 is 33.5 Å². The van der Waals surface area contributed by atoms with Crippen LogP contribution in [-0.2, 0) is 17.8 Å². The van der Waals surface area contributed by atoms with Crippen LogP contribution in [0.1, 0.15) is 24.5 Å². The van der Waals surface area contributed by atoms with Crippen molar-refractivity contribution in [2.24, 2.45) is 16.5 Å². The Bertz CT molecular complexity index is 1240. The van der Waals surface area contributed by atoms with E-state index < -0.39 is 6.17 Å². The molecule has 0 saturated heterocycles. The van der Waals surface area contributed by atoms with Crippen LogP contribution >= 0.6 is 0 Å². The summed E-state index contributed by atoms with van der Waals surface area (Å²) < 4.78 is 0. The zero-order valence-corrected chi connectivity index (χ0v) is 17.6. The second-order valence-corrected chi connectivity index (χ2v) is 7.68. The number of H-pyrrole nitrogens is 1. The molecule has 0 radical (unpaired) electrons. The molecule has 4 rings (SSSR count). The molecule has 0 fully saturated rings. The third kappa shape index (κ3) is 4.53. The van der Waals surface area contributed by atoms with Crippen molar-refractivity contribution in [2.45, 2.75) is 32.5 Å². The molecular weight excluding hydrogens is 386 g/mol. The minimum Gasteiger partial charge on any atom is -0.370 e. The molecule has 0 aliphatic heterocycles. The highest BCUT2D eigenvalue weighted by atomic mass is 16.2. The van der Waals surface area contributed by atoms with Gasteiger partial charge >= 0.3 is 0 Å². The van der Waals surface area contributed by atoms with Crippen LogP contribution < -0.4 is 11.5 Å². The lowest BCUT2D eigenvalue weighted by molar-refractivity contribution is -0.133. The van der Waals surface area contributed by atoms with E-state index >= 15 is 0 Å². The molecule has 6 heteroatoms. The molecule has 0 aliphatic carbocycles. The second kappa shape index (κ2) is 8.92. The average Bonchev–Trinajstić information content (AvgIpc) is 3.18. The summed E-state index contributed by atoms with van der Waals surface area (Å²) in [5.41, 5.74) is 14.4. The first-order valence-electron chi connectivity index (χ1n) is 10.5. The van der Waals surface area contributed by atoms with Crippen LogP contribution in [0.4, 0.5) is 0 Å². The van der Waals surface area contributed by atoms with E-state index in [2.05, 4.69) is 40.3 Å². The molecule has 0 spiro atoms. The maximum absolute atomic E-state index is 13.5. The number of aromatic amines is 1. The molecule has 0 saturated carbocycles. The lowest BCUT2D eigenvalue weighted by Gasteiger charge is -2.29. The Morgan fingerprint density at radius 1 is 1.03 bits per heavy atom. The summed E-state index contributed by atoms with van der Waals surface area (Å²) in [7, 11) is 0. The molecule has 4 aromatic rings. The van der Waals surface area contributed by atoms with Gasteiger partial charge < -0.3 is 21.4 Å². The van der Waals surface area contributed by atoms with Crippen LogP contribution in [0.5, 0.6) is 0 Å². The van der Waals surface area contributed by atoms with Gasteiger partial charge in [-0.2, -0.15) is 0 Å². The van der Waals surface area contributed by atoms with Gasteiger partial charge in [0, 0.05) is 23.6 Å². The number of nitrogens with zero attached hydrogens (tertiary/aromatic N) is 2. The molecule has 158 valence electrons. The Labute approximate surface area is 181 Å². The first-order valence-corrected chi connectivity index (χ1v) is 10.5. The number of amides is 1. The van der Waals surface area contributed by atoms with Crippen molar-refractivity contribution in [1.82, 2.24) is 9.88 Å². The van der Waals surface area contributed by atoms with E-state index in [0.29, 0.717) is 13.0 Å². The van der Waals surface area contributed by atoms with Crippen molar-refractivity contribution in [3.05, 3.63) is 84.1 Å². The van der Waals surface area contributed by atoms with Gasteiger partial charge in [-0.15, -0.1) is 0 Å². The summed E-state index contributed by atoms with van der Waals surface area (Å²) in [5.74, 6) is -0.0370. The summed E-state index contributed by atoms with van der Waals surface area (Å²) in [4.78, 5) is 22.8. The summed E-state index contributed by atoms with van der Waals surface area (Å²) in [5, 5.41) is 3.36. The topological polar surface area (TPSA) is 100 Å². The van der Waals surface area contributed by atoms with Crippen LogP contribution in [-0.4, -0.2) is 27.9 Å². The average molecular weight is 414 g/mol. The highest BCUT2D eigenvalue weighted by Gasteiger charge is 2.23. The van der Waals surface area contributed by atoms with E-state index in [1.807, 2.05) is 49.5 Å². The van der Waals surface area contributed by atoms with Crippen LogP contribution in [0.3, 0.4) is 0 Å². The Morgan fingerprint density at radius 3 is 2.55 bits per heavy atom.